The lowest BCUT2D eigenvalue weighted by Crippen LogP contribution is -2.40. The second kappa shape index (κ2) is 7.90. The van der Waals surface area contributed by atoms with E-state index in [9.17, 15) is 9.59 Å². The van der Waals surface area contributed by atoms with Crippen LogP contribution in [0.2, 0.25) is 0 Å². The standard InChI is InChI=1S/C19H21N3O2S/c1-19(2,3)22-17(24)14-9-11-15(12-10-14)20-18(25)21-16(23)13-7-5-4-6-8-13/h4-12H,1-3H3,(H,22,24)(H2,20,21,23,25). The van der Waals surface area contributed by atoms with E-state index in [-0.39, 0.29) is 22.5 Å². The van der Waals surface area contributed by atoms with Gasteiger partial charge in [-0.3, -0.25) is 14.9 Å². The van der Waals surface area contributed by atoms with Crippen LogP contribution >= 0.6 is 12.2 Å². The summed E-state index contributed by atoms with van der Waals surface area (Å²) >= 11 is 5.15. The molecule has 0 radical (unpaired) electrons. The van der Waals surface area contributed by atoms with Gasteiger partial charge in [0.1, 0.15) is 0 Å². The fourth-order valence-electron chi connectivity index (χ4n) is 2.04. The van der Waals surface area contributed by atoms with E-state index in [0.29, 0.717) is 16.8 Å². The maximum atomic E-state index is 12.1. The van der Waals surface area contributed by atoms with Crippen molar-refractivity contribution in [2.75, 3.05) is 5.32 Å². The summed E-state index contributed by atoms with van der Waals surface area (Å²) in [7, 11) is 0. The molecule has 0 saturated carbocycles. The number of hydrogen-bond donors (Lipinski definition) is 3. The first-order valence-electron chi connectivity index (χ1n) is 7.84. The molecular weight excluding hydrogens is 334 g/mol. The van der Waals surface area contributed by atoms with Gasteiger partial charge in [0.05, 0.1) is 0 Å². The molecular formula is C19H21N3O2S. The van der Waals surface area contributed by atoms with E-state index < -0.39 is 0 Å². The van der Waals surface area contributed by atoms with E-state index in [1.807, 2.05) is 26.8 Å². The number of amides is 2. The summed E-state index contributed by atoms with van der Waals surface area (Å²) in [6.07, 6.45) is 0. The lowest BCUT2D eigenvalue weighted by molar-refractivity contribution is 0.0918. The topological polar surface area (TPSA) is 70.2 Å². The smallest absolute Gasteiger partial charge is 0.257 e. The van der Waals surface area contributed by atoms with Crippen molar-refractivity contribution >= 4 is 34.8 Å². The first-order chi connectivity index (χ1) is 11.7. The highest BCUT2D eigenvalue weighted by Gasteiger charge is 2.15. The van der Waals surface area contributed by atoms with Gasteiger partial charge >= 0.3 is 0 Å². The Bertz CT molecular complexity index is 766. The second-order valence-corrected chi connectivity index (χ2v) is 6.96. The van der Waals surface area contributed by atoms with Crippen LogP contribution < -0.4 is 16.0 Å². The number of thiocarbonyl (C=S) groups is 1. The van der Waals surface area contributed by atoms with Gasteiger partial charge in [-0.2, -0.15) is 0 Å². The minimum absolute atomic E-state index is 0.140. The van der Waals surface area contributed by atoms with Gasteiger partial charge in [0.2, 0.25) is 0 Å². The van der Waals surface area contributed by atoms with Gasteiger partial charge in [-0.05, 0) is 69.4 Å². The third-order valence-electron chi connectivity index (χ3n) is 3.16. The van der Waals surface area contributed by atoms with Crippen LogP contribution in [0.4, 0.5) is 5.69 Å². The Morgan fingerprint density at radius 3 is 1.96 bits per heavy atom. The first kappa shape index (κ1) is 18.6. The SMILES string of the molecule is CC(C)(C)NC(=O)c1ccc(NC(=S)NC(=O)c2ccccc2)cc1. The Morgan fingerprint density at radius 2 is 1.40 bits per heavy atom. The van der Waals surface area contributed by atoms with Crippen LogP contribution in [0.3, 0.4) is 0 Å². The summed E-state index contributed by atoms with van der Waals surface area (Å²) in [6.45, 7) is 5.78. The van der Waals surface area contributed by atoms with Crippen LogP contribution in [0.5, 0.6) is 0 Å². The lowest BCUT2D eigenvalue weighted by atomic mass is 10.1. The molecule has 2 aromatic carbocycles. The van der Waals surface area contributed by atoms with Gasteiger partial charge in [-0.25, -0.2) is 0 Å². The fourth-order valence-corrected chi connectivity index (χ4v) is 2.26. The molecule has 0 atom stereocenters. The zero-order valence-electron chi connectivity index (χ0n) is 14.4. The third kappa shape index (κ3) is 6.00. The van der Waals surface area contributed by atoms with Crippen molar-refractivity contribution in [3.8, 4) is 0 Å². The maximum absolute atomic E-state index is 12.1. The number of benzene rings is 2. The van der Waals surface area contributed by atoms with Crippen molar-refractivity contribution in [3.05, 3.63) is 65.7 Å². The van der Waals surface area contributed by atoms with Crippen LogP contribution in [-0.4, -0.2) is 22.5 Å². The molecule has 0 saturated heterocycles. The number of nitrogens with one attached hydrogen (secondary N) is 3. The minimum atomic E-state index is -0.294. The second-order valence-electron chi connectivity index (χ2n) is 6.56. The molecule has 0 heterocycles. The summed E-state index contributed by atoms with van der Waals surface area (Å²) in [5.74, 6) is -0.418. The van der Waals surface area contributed by atoms with E-state index >= 15 is 0 Å². The Labute approximate surface area is 152 Å². The highest BCUT2D eigenvalue weighted by Crippen LogP contribution is 2.11. The van der Waals surface area contributed by atoms with Crippen molar-refractivity contribution in [1.82, 2.24) is 10.6 Å². The van der Waals surface area contributed by atoms with Crippen LogP contribution in [0.15, 0.2) is 54.6 Å². The average molecular weight is 355 g/mol. The average Bonchev–Trinajstić information content (AvgIpc) is 2.54. The highest BCUT2D eigenvalue weighted by molar-refractivity contribution is 7.80. The fraction of sp³-hybridized carbons (Fsp3) is 0.211. The van der Waals surface area contributed by atoms with Gasteiger partial charge in [0.25, 0.3) is 11.8 Å². The van der Waals surface area contributed by atoms with E-state index in [2.05, 4.69) is 16.0 Å². The van der Waals surface area contributed by atoms with Crippen LogP contribution in [0, 0.1) is 0 Å². The molecule has 0 bridgehead atoms. The van der Waals surface area contributed by atoms with Crippen molar-refractivity contribution < 1.29 is 9.59 Å². The van der Waals surface area contributed by atoms with E-state index in [0.717, 1.165) is 0 Å². The monoisotopic (exact) mass is 355 g/mol. The minimum Gasteiger partial charge on any atom is -0.347 e. The Balaban J connectivity index is 1.93. The summed E-state index contributed by atoms with van der Waals surface area (Å²) < 4.78 is 0. The van der Waals surface area contributed by atoms with Crippen LogP contribution in [0.1, 0.15) is 41.5 Å². The van der Waals surface area contributed by atoms with Crippen LogP contribution in [0.25, 0.3) is 0 Å². The molecule has 3 N–H and O–H groups in total. The molecule has 0 aliphatic rings. The molecule has 0 aliphatic heterocycles. The number of hydrogen-bond acceptors (Lipinski definition) is 3. The first-order valence-corrected chi connectivity index (χ1v) is 8.25. The van der Waals surface area contributed by atoms with Gasteiger partial charge in [0, 0.05) is 22.4 Å². The van der Waals surface area contributed by atoms with E-state index in [1.54, 1.807) is 48.5 Å². The number of carbonyl (C=O) groups excluding carboxylic acids is 2. The largest absolute Gasteiger partial charge is 0.347 e. The summed E-state index contributed by atoms with van der Waals surface area (Å²) in [5.41, 5.74) is 1.48. The molecule has 0 unspecified atom stereocenters. The van der Waals surface area contributed by atoms with Gasteiger partial charge in [-0.1, -0.05) is 18.2 Å². The molecule has 0 aromatic heterocycles. The molecule has 130 valence electrons. The Hall–Kier alpha value is -2.73. The molecule has 2 aromatic rings. The quantitative estimate of drug-likeness (QED) is 0.739. The summed E-state index contributed by atoms with van der Waals surface area (Å²) in [6, 6.07) is 15.7. The zero-order chi connectivity index (χ0) is 18.4. The maximum Gasteiger partial charge on any atom is 0.257 e. The normalized spacial score (nSPS) is 10.7. The predicted molar refractivity (Wildman–Crippen MR) is 104 cm³/mol. The van der Waals surface area contributed by atoms with Crippen molar-refractivity contribution in [2.24, 2.45) is 0 Å². The van der Waals surface area contributed by atoms with Crippen molar-refractivity contribution in [3.63, 3.8) is 0 Å². The van der Waals surface area contributed by atoms with Gasteiger partial charge < -0.3 is 10.6 Å². The lowest BCUT2D eigenvalue weighted by Gasteiger charge is -2.20. The predicted octanol–water partition coefficient (Wildman–Crippen LogP) is 3.34. The molecule has 2 rings (SSSR count). The van der Waals surface area contributed by atoms with E-state index in [4.69, 9.17) is 12.2 Å². The summed E-state index contributed by atoms with van der Waals surface area (Å²) in [5, 5.41) is 8.63. The Kier molecular flexibility index (Phi) is 5.88. The van der Waals surface area contributed by atoms with E-state index in [1.165, 1.54) is 0 Å². The molecule has 2 amide bonds. The number of anilines is 1. The zero-order valence-corrected chi connectivity index (χ0v) is 15.2. The molecule has 6 heteroatoms. The molecule has 0 spiro atoms. The molecule has 0 fully saturated rings. The Morgan fingerprint density at radius 1 is 0.840 bits per heavy atom. The van der Waals surface area contributed by atoms with Crippen LogP contribution in [-0.2, 0) is 0 Å². The number of carbonyl (C=O) groups is 2. The number of rotatable bonds is 3. The van der Waals surface area contributed by atoms with Gasteiger partial charge in [-0.15, -0.1) is 0 Å². The molecule has 5 nitrogen and oxygen atoms in total. The van der Waals surface area contributed by atoms with Crippen molar-refractivity contribution in [1.29, 1.82) is 0 Å². The van der Waals surface area contributed by atoms with Crippen molar-refractivity contribution in [2.45, 2.75) is 26.3 Å². The highest BCUT2D eigenvalue weighted by atomic mass is 32.1. The summed E-state index contributed by atoms with van der Waals surface area (Å²) in [4.78, 5) is 24.1. The molecule has 25 heavy (non-hydrogen) atoms. The molecule has 0 aliphatic carbocycles. The third-order valence-corrected chi connectivity index (χ3v) is 3.36. The van der Waals surface area contributed by atoms with Gasteiger partial charge in [0.15, 0.2) is 5.11 Å².